The normalized spacial score (nSPS) is 11.0. The summed E-state index contributed by atoms with van der Waals surface area (Å²) in [7, 11) is 1.63. The van der Waals surface area contributed by atoms with Gasteiger partial charge in [0, 0.05) is 11.3 Å². The Morgan fingerprint density at radius 1 is 0.974 bits per heavy atom. The molecule has 1 N–H and O–H groups in total. The van der Waals surface area contributed by atoms with Gasteiger partial charge < -0.3 is 9.47 Å². The van der Waals surface area contributed by atoms with Crippen LogP contribution in [0.4, 0.5) is 0 Å². The van der Waals surface area contributed by atoms with Crippen molar-refractivity contribution < 1.29 is 14.3 Å². The zero-order valence-corrected chi connectivity index (χ0v) is 22.4. The molecule has 4 rings (SSSR count). The predicted molar refractivity (Wildman–Crippen MR) is 151 cm³/mol. The van der Waals surface area contributed by atoms with Gasteiger partial charge in [0.25, 0.3) is 5.91 Å². The van der Waals surface area contributed by atoms with Gasteiger partial charge in [-0.2, -0.15) is 5.10 Å². The van der Waals surface area contributed by atoms with Crippen molar-refractivity contribution >= 4 is 23.9 Å². The number of amides is 1. The van der Waals surface area contributed by atoms with Crippen molar-refractivity contribution in [3.63, 3.8) is 0 Å². The second kappa shape index (κ2) is 14.0. The van der Waals surface area contributed by atoms with Crippen molar-refractivity contribution in [2.45, 2.75) is 31.3 Å². The SMILES string of the molecule is CCCCCOc1ccc(/C=N/NC(=O)CSc2nnc(-c3ccccc3)n2-c2ccc(OC)cc2)cc1. The molecule has 1 aromatic heterocycles. The number of unbranched alkanes of at least 4 members (excludes halogenated alkanes) is 2. The molecule has 4 aromatic rings. The van der Waals surface area contributed by atoms with E-state index in [1.165, 1.54) is 18.2 Å². The summed E-state index contributed by atoms with van der Waals surface area (Å²) in [5, 5.41) is 13.5. The number of carbonyl (C=O) groups is 1. The lowest BCUT2D eigenvalue weighted by molar-refractivity contribution is -0.118. The second-order valence-corrected chi connectivity index (χ2v) is 9.35. The molecule has 9 heteroatoms. The summed E-state index contributed by atoms with van der Waals surface area (Å²) in [5.41, 5.74) is 5.24. The number of benzene rings is 3. The Hall–Kier alpha value is -4.11. The van der Waals surface area contributed by atoms with Crippen LogP contribution in [0.3, 0.4) is 0 Å². The van der Waals surface area contributed by atoms with E-state index in [0.717, 1.165) is 41.2 Å². The summed E-state index contributed by atoms with van der Waals surface area (Å²) in [6.45, 7) is 2.88. The molecule has 0 aliphatic carbocycles. The van der Waals surface area contributed by atoms with Gasteiger partial charge in [0.2, 0.25) is 0 Å². The number of hydrogen-bond donors (Lipinski definition) is 1. The molecule has 0 aliphatic heterocycles. The molecular weight excluding hydrogens is 498 g/mol. The molecule has 0 spiro atoms. The highest BCUT2D eigenvalue weighted by Crippen LogP contribution is 2.28. The number of ether oxygens (including phenoxy) is 2. The van der Waals surface area contributed by atoms with Crippen LogP contribution in [0, 0.1) is 0 Å². The first-order valence-corrected chi connectivity index (χ1v) is 13.5. The minimum absolute atomic E-state index is 0.130. The number of rotatable bonds is 13. The number of aromatic nitrogens is 3. The van der Waals surface area contributed by atoms with Crippen molar-refractivity contribution in [3.8, 4) is 28.6 Å². The third kappa shape index (κ3) is 7.45. The lowest BCUT2D eigenvalue weighted by Crippen LogP contribution is -2.20. The highest BCUT2D eigenvalue weighted by Gasteiger charge is 2.17. The van der Waals surface area contributed by atoms with Gasteiger partial charge in [-0.15, -0.1) is 10.2 Å². The molecular formula is C29H31N5O3S. The average Bonchev–Trinajstić information content (AvgIpc) is 3.39. The van der Waals surface area contributed by atoms with Crippen molar-refractivity contribution in [2.24, 2.45) is 5.10 Å². The average molecular weight is 530 g/mol. The monoisotopic (exact) mass is 529 g/mol. The molecule has 1 heterocycles. The minimum atomic E-state index is -0.243. The summed E-state index contributed by atoms with van der Waals surface area (Å²) in [6, 6.07) is 25.1. The van der Waals surface area contributed by atoms with Crippen LogP contribution in [-0.4, -0.2) is 46.4 Å². The second-order valence-electron chi connectivity index (χ2n) is 8.41. The Kier molecular flexibility index (Phi) is 9.92. The zero-order chi connectivity index (χ0) is 26.6. The maximum absolute atomic E-state index is 12.5. The third-order valence-corrected chi connectivity index (χ3v) is 6.56. The van der Waals surface area contributed by atoms with E-state index in [0.29, 0.717) is 17.6 Å². The van der Waals surface area contributed by atoms with E-state index in [4.69, 9.17) is 9.47 Å². The quantitative estimate of drug-likeness (QED) is 0.103. The molecule has 38 heavy (non-hydrogen) atoms. The molecule has 0 fully saturated rings. The van der Waals surface area contributed by atoms with Gasteiger partial charge >= 0.3 is 0 Å². The van der Waals surface area contributed by atoms with Crippen LogP contribution >= 0.6 is 11.8 Å². The van der Waals surface area contributed by atoms with E-state index in [2.05, 4.69) is 27.6 Å². The number of nitrogens with zero attached hydrogens (tertiary/aromatic N) is 4. The topological polar surface area (TPSA) is 90.6 Å². The Morgan fingerprint density at radius 3 is 2.42 bits per heavy atom. The van der Waals surface area contributed by atoms with Gasteiger partial charge in [-0.3, -0.25) is 9.36 Å². The molecule has 0 aliphatic rings. The first-order valence-electron chi connectivity index (χ1n) is 12.5. The van der Waals surface area contributed by atoms with E-state index in [1.807, 2.05) is 83.4 Å². The molecule has 1 amide bonds. The van der Waals surface area contributed by atoms with Crippen LogP contribution < -0.4 is 14.9 Å². The fourth-order valence-corrected chi connectivity index (χ4v) is 4.38. The highest BCUT2D eigenvalue weighted by molar-refractivity contribution is 7.99. The standard InChI is InChI=1S/C29H31N5O3S/c1-3-4-8-19-37-26-15-11-22(12-16-26)20-30-31-27(35)21-38-29-33-32-28(23-9-6-5-7-10-23)34(29)24-13-17-25(36-2)18-14-24/h5-7,9-18,20H,3-4,8,19,21H2,1-2H3,(H,31,35)/b30-20+. The van der Waals surface area contributed by atoms with Gasteiger partial charge in [0.05, 0.1) is 25.7 Å². The molecule has 0 atom stereocenters. The molecule has 8 nitrogen and oxygen atoms in total. The zero-order valence-electron chi connectivity index (χ0n) is 21.5. The maximum Gasteiger partial charge on any atom is 0.250 e. The molecule has 196 valence electrons. The Balaban J connectivity index is 1.37. The van der Waals surface area contributed by atoms with E-state index in [1.54, 1.807) is 13.3 Å². The number of hydrazone groups is 1. The maximum atomic E-state index is 12.5. The molecule has 0 unspecified atom stereocenters. The van der Waals surface area contributed by atoms with E-state index >= 15 is 0 Å². The largest absolute Gasteiger partial charge is 0.497 e. The molecule has 0 bridgehead atoms. The minimum Gasteiger partial charge on any atom is -0.497 e. The molecule has 0 saturated carbocycles. The Labute approximate surface area is 227 Å². The smallest absolute Gasteiger partial charge is 0.250 e. The van der Waals surface area contributed by atoms with Gasteiger partial charge in [0.15, 0.2) is 11.0 Å². The van der Waals surface area contributed by atoms with E-state index in [9.17, 15) is 4.79 Å². The first-order chi connectivity index (χ1) is 18.7. The van der Waals surface area contributed by atoms with Crippen molar-refractivity contribution in [1.82, 2.24) is 20.2 Å². The van der Waals surface area contributed by atoms with Crippen molar-refractivity contribution in [2.75, 3.05) is 19.5 Å². The fourth-order valence-electron chi connectivity index (χ4n) is 3.64. The molecule has 0 radical (unpaired) electrons. The van der Waals surface area contributed by atoms with Crippen LogP contribution in [0.1, 0.15) is 31.7 Å². The third-order valence-electron chi connectivity index (χ3n) is 5.63. The van der Waals surface area contributed by atoms with Crippen LogP contribution in [0.5, 0.6) is 11.5 Å². The van der Waals surface area contributed by atoms with Gasteiger partial charge in [-0.05, 0) is 60.5 Å². The van der Waals surface area contributed by atoms with Gasteiger partial charge in [-0.25, -0.2) is 5.43 Å². The van der Waals surface area contributed by atoms with E-state index in [-0.39, 0.29) is 11.7 Å². The summed E-state index contributed by atoms with van der Waals surface area (Å²) in [5.74, 6) is 2.16. The summed E-state index contributed by atoms with van der Waals surface area (Å²) in [6.07, 6.45) is 4.99. The first kappa shape index (κ1) is 26.9. The van der Waals surface area contributed by atoms with Crippen LogP contribution in [0.15, 0.2) is 89.1 Å². The molecule has 3 aromatic carbocycles. The lowest BCUT2D eigenvalue weighted by atomic mass is 10.2. The van der Waals surface area contributed by atoms with Gasteiger partial charge in [0.1, 0.15) is 11.5 Å². The van der Waals surface area contributed by atoms with Crippen molar-refractivity contribution in [1.29, 1.82) is 0 Å². The summed E-state index contributed by atoms with van der Waals surface area (Å²) < 4.78 is 13.0. The molecule has 0 saturated heterocycles. The van der Waals surface area contributed by atoms with Crippen LogP contribution in [-0.2, 0) is 4.79 Å². The Bertz CT molecular complexity index is 1320. The number of carbonyl (C=O) groups excluding carboxylic acids is 1. The van der Waals surface area contributed by atoms with Crippen LogP contribution in [0.25, 0.3) is 17.1 Å². The predicted octanol–water partition coefficient (Wildman–Crippen LogP) is 5.75. The van der Waals surface area contributed by atoms with Crippen LogP contribution in [0.2, 0.25) is 0 Å². The lowest BCUT2D eigenvalue weighted by Gasteiger charge is -2.11. The number of methoxy groups -OCH3 is 1. The summed E-state index contributed by atoms with van der Waals surface area (Å²) >= 11 is 1.29. The highest BCUT2D eigenvalue weighted by atomic mass is 32.2. The van der Waals surface area contributed by atoms with Gasteiger partial charge in [-0.1, -0.05) is 61.9 Å². The number of hydrogen-bond acceptors (Lipinski definition) is 7. The Morgan fingerprint density at radius 2 is 1.71 bits per heavy atom. The van der Waals surface area contributed by atoms with E-state index < -0.39 is 0 Å². The van der Waals surface area contributed by atoms with Crippen molar-refractivity contribution in [3.05, 3.63) is 84.4 Å². The number of thioether (sulfide) groups is 1. The summed E-state index contributed by atoms with van der Waals surface area (Å²) in [4.78, 5) is 12.5. The fraction of sp³-hybridized carbons (Fsp3) is 0.241. The number of nitrogens with one attached hydrogen (secondary N) is 1.